The minimum atomic E-state index is -0.503. The monoisotopic (exact) mass is 334 g/mol. The van der Waals surface area contributed by atoms with Crippen molar-refractivity contribution in [2.24, 2.45) is 0 Å². The molecular formula is C16H15ClN2O4. The van der Waals surface area contributed by atoms with Crippen LogP contribution in [-0.2, 0) is 11.3 Å². The normalized spacial score (nSPS) is 10.0. The lowest BCUT2D eigenvalue weighted by Crippen LogP contribution is -2.23. The van der Waals surface area contributed by atoms with Crippen LogP contribution in [0.25, 0.3) is 0 Å². The number of ether oxygens (including phenoxy) is 2. The summed E-state index contributed by atoms with van der Waals surface area (Å²) in [7, 11) is 2.76. The fourth-order valence-electron chi connectivity index (χ4n) is 1.93. The number of pyridine rings is 1. The Morgan fingerprint density at radius 2 is 2.00 bits per heavy atom. The van der Waals surface area contributed by atoms with Crippen molar-refractivity contribution in [1.29, 1.82) is 0 Å². The third-order valence-electron chi connectivity index (χ3n) is 3.11. The second kappa shape index (κ2) is 7.60. The number of rotatable bonds is 5. The van der Waals surface area contributed by atoms with E-state index in [9.17, 15) is 9.59 Å². The molecule has 0 aliphatic carbocycles. The summed E-state index contributed by atoms with van der Waals surface area (Å²) in [5, 5.41) is 3.06. The largest absolute Gasteiger partial charge is 0.496 e. The number of nitrogens with zero attached hydrogens (tertiary/aromatic N) is 1. The predicted molar refractivity (Wildman–Crippen MR) is 84.8 cm³/mol. The van der Waals surface area contributed by atoms with Crippen molar-refractivity contribution < 1.29 is 19.1 Å². The van der Waals surface area contributed by atoms with E-state index >= 15 is 0 Å². The Labute approximate surface area is 138 Å². The summed E-state index contributed by atoms with van der Waals surface area (Å²) < 4.78 is 9.83. The number of halogens is 1. The van der Waals surface area contributed by atoms with E-state index < -0.39 is 5.97 Å². The van der Waals surface area contributed by atoms with Gasteiger partial charge in [-0.3, -0.25) is 4.79 Å². The van der Waals surface area contributed by atoms with Crippen LogP contribution < -0.4 is 10.1 Å². The number of methoxy groups -OCH3 is 2. The van der Waals surface area contributed by atoms with Gasteiger partial charge in [0.25, 0.3) is 5.91 Å². The number of aromatic nitrogens is 1. The van der Waals surface area contributed by atoms with Gasteiger partial charge in [-0.25, -0.2) is 9.78 Å². The lowest BCUT2D eigenvalue weighted by Gasteiger charge is -2.10. The van der Waals surface area contributed by atoms with Crippen molar-refractivity contribution in [1.82, 2.24) is 10.3 Å². The van der Waals surface area contributed by atoms with Gasteiger partial charge in [-0.05, 0) is 29.8 Å². The molecule has 1 heterocycles. The molecule has 7 heteroatoms. The molecule has 1 N–H and O–H groups in total. The zero-order valence-corrected chi connectivity index (χ0v) is 13.4. The van der Waals surface area contributed by atoms with Gasteiger partial charge in [0, 0.05) is 12.7 Å². The summed E-state index contributed by atoms with van der Waals surface area (Å²) in [4.78, 5) is 27.6. The molecule has 6 nitrogen and oxygen atoms in total. The van der Waals surface area contributed by atoms with Crippen LogP contribution in [0.3, 0.4) is 0 Å². The molecule has 2 aromatic rings. The minimum absolute atomic E-state index is 0.245. The van der Waals surface area contributed by atoms with Crippen molar-refractivity contribution in [3.63, 3.8) is 0 Å². The fraction of sp³-hybridized carbons (Fsp3) is 0.188. The summed E-state index contributed by atoms with van der Waals surface area (Å²) in [6.07, 6.45) is 1.39. The van der Waals surface area contributed by atoms with Gasteiger partial charge in [-0.1, -0.05) is 17.7 Å². The van der Waals surface area contributed by atoms with E-state index in [1.165, 1.54) is 20.4 Å². The predicted octanol–water partition coefficient (Wildman–Crippen LogP) is 2.46. The Morgan fingerprint density at radius 1 is 1.22 bits per heavy atom. The molecular weight excluding hydrogens is 320 g/mol. The van der Waals surface area contributed by atoms with Gasteiger partial charge in [-0.15, -0.1) is 0 Å². The first-order chi connectivity index (χ1) is 11.0. The molecule has 0 saturated heterocycles. The van der Waals surface area contributed by atoms with Crippen LogP contribution in [0.15, 0.2) is 36.5 Å². The van der Waals surface area contributed by atoms with E-state index in [2.05, 4.69) is 10.3 Å². The van der Waals surface area contributed by atoms with E-state index in [4.69, 9.17) is 21.1 Å². The van der Waals surface area contributed by atoms with E-state index in [0.717, 1.165) is 5.56 Å². The van der Waals surface area contributed by atoms with Gasteiger partial charge in [0.1, 0.15) is 16.5 Å². The Hall–Kier alpha value is -2.60. The second-order valence-electron chi connectivity index (χ2n) is 4.58. The molecule has 2 rings (SSSR count). The van der Waals surface area contributed by atoms with Gasteiger partial charge in [0.2, 0.25) is 0 Å². The summed E-state index contributed by atoms with van der Waals surface area (Å²) in [5.74, 6) is -0.379. The maximum atomic E-state index is 12.0. The zero-order valence-electron chi connectivity index (χ0n) is 12.6. The number of carbonyl (C=O) groups excluding carboxylic acids is 2. The van der Waals surface area contributed by atoms with Crippen molar-refractivity contribution in [2.45, 2.75) is 6.54 Å². The number of esters is 1. The van der Waals surface area contributed by atoms with Crippen LogP contribution in [0.5, 0.6) is 5.75 Å². The first kappa shape index (κ1) is 16.8. The highest BCUT2D eigenvalue weighted by molar-refractivity contribution is 6.29. The minimum Gasteiger partial charge on any atom is -0.496 e. The third kappa shape index (κ3) is 4.20. The lowest BCUT2D eigenvalue weighted by atomic mass is 10.1. The number of hydrogen-bond acceptors (Lipinski definition) is 5. The molecule has 1 amide bonds. The van der Waals surface area contributed by atoms with E-state index in [1.807, 2.05) is 0 Å². The maximum Gasteiger partial charge on any atom is 0.341 e. The lowest BCUT2D eigenvalue weighted by molar-refractivity contribution is 0.0597. The summed E-state index contributed by atoms with van der Waals surface area (Å²) >= 11 is 5.68. The van der Waals surface area contributed by atoms with E-state index in [1.54, 1.807) is 30.3 Å². The van der Waals surface area contributed by atoms with Crippen LogP contribution in [0.4, 0.5) is 0 Å². The van der Waals surface area contributed by atoms with Crippen LogP contribution >= 0.6 is 11.6 Å². The molecule has 0 bridgehead atoms. The molecule has 1 aromatic carbocycles. The molecule has 0 radical (unpaired) electrons. The average molecular weight is 335 g/mol. The number of carbonyl (C=O) groups is 2. The highest BCUT2D eigenvalue weighted by Gasteiger charge is 2.14. The molecule has 0 spiro atoms. The smallest absolute Gasteiger partial charge is 0.341 e. The highest BCUT2D eigenvalue weighted by Crippen LogP contribution is 2.20. The molecule has 0 saturated carbocycles. The van der Waals surface area contributed by atoms with Crippen molar-refractivity contribution in [3.8, 4) is 5.75 Å². The number of benzene rings is 1. The van der Waals surface area contributed by atoms with Crippen LogP contribution in [-0.4, -0.2) is 31.1 Å². The van der Waals surface area contributed by atoms with Gasteiger partial charge >= 0.3 is 5.97 Å². The third-order valence-corrected chi connectivity index (χ3v) is 3.34. The molecule has 0 atom stereocenters. The van der Waals surface area contributed by atoms with Crippen LogP contribution in [0.1, 0.15) is 26.3 Å². The number of amides is 1. The topological polar surface area (TPSA) is 77.5 Å². The molecule has 0 unspecified atom stereocenters. The summed E-state index contributed by atoms with van der Waals surface area (Å²) in [6.45, 7) is 0.245. The first-order valence-corrected chi connectivity index (χ1v) is 7.08. The van der Waals surface area contributed by atoms with Gasteiger partial charge in [-0.2, -0.15) is 0 Å². The SMILES string of the molecule is COC(=O)c1cc(CNC(=O)c2ccc(Cl)nc2)ccc1OC. The molecule has 120 valence electrons. The Kier molecular flexibility index (Phi) is 5.54. The zero-order chi connectivity index (χ0) is 16.8. The highest BCUT2D eigenvalue weighted by atomic mass is 35.5. The number of hydrogen-bond donors (Lipinski definition) is 1. The summed E-state index contributed by atoms with van der Waals surface area (Å²) in [6, 6.07) is 8.14. The van der Waals surface area contributed by atoms with Crippen molar-refractivity contribution in [3.05, 3.63) is 58.4 Å². The van der Waals surface area contributed by atoms with Crippen LogP contribution in [0.2, 0.25) is 5.15 Å². The van der Waals surface area contributed by atoms with Crippen LogP contribution in [0, 0.1) is 0 Å². The Balaban J connectivity index is 2.09. The van der Waals surface area contributed by atoms with Crippen molar-refractivity contribution in [2.75, 3.05) is 14.2 Å². The maximum absolute atomic E-state index is 12.0. The fourth-order valence-corrected chi connectivity index (χ4v) is 2.04. The number of nitrogens with one attached hydrogen (secondary N) is 1. The average Bonchev–Trinajstić information content (AvgIpc) is 2.59. The quantitative estimate of drug-likeness (QED) is 0.671. The van der Waals surface area contributed by atoms with Gasteiger partial charge in [0.15, 0.2) is 0 Å². The van der Waals surface area contributed by atoms with Gasteiger partial charge < -0.3 is 14.8 Å². The molecule has 23 heavy (non-hydrogen) atoms. The Bertz CT molecular complexity index is 717. The summed E-state index contributed by atoms with van der Waals surface area (Å²) in [5.41, 5.74) is 1.44. The Morgan fingerprint density at radius 3 is 2.61 bits per heavy atom. The van der Waals surface area contributed by atoms with Crippen molar-refractivity contribution >= 4 is 23.5 Å². The first-order valence-electron chi connectivity index (χ1n) is 6.70. The molecule has 0 aliphatic rings. The molecule has 0 fully saturated rings. The molecule has 0 aliphatic heterocycles. The standard InChI is InChI=1S/C16H15ClN2O4/c1-22-13-5-3-10(7-12(13)16(21)23-2)8-19-15(20)11-4-6-14(17)18-9-11/h3-7,9H,8H2,1-2H3,(H,19,20). The molecule has 1 aromatic heterocycles. The van der Waals surface area contributed by atoms with E-state index in [-0.39, 0.29) is 12.5 Å². The second-order valence-corrected chi connectivity index (χ2v) is 4.97. The van der Waals surface area contributed by atoms with Gasteiger partial charge in [0.05, 0.1) is 19.8 Å². The van der Waals surface area contributed by atoms with E-state index in [0.29, 0.717) is 22.0 Å².